The van der Waals surface area contributed by atoms with Crippen molar-refractivity contribution in [2.75, 3.05) is 60.4 Å². The van der Waals surface area contributed by atoms with Gasteiger partial charge in [-0.3, -0.25) is 9.78 Å². The summed E-state index contributed by atoms with van der Waals surface area (Å²) in [5.41, 5.74) is 6.58. The molecule has 0 aliphatic rings. The third-order valence-electron chi connectivity index (χ3n) is 3.95. The number of carbonyl (C=O) groups is 1. The van der Waals surface area contributed by atoms with Crippen molar-refractivity contribution in [3.05, 3.63) is 29.6 Å². The van der Waals surface area contributed by atoms with Gasteiger partial charge in [0.25, 0.3) is 0 Å². The van der Waals surface area contributed by atoms with Gasteiger partial charge in [-0.2, -0.15) is 0 Å². The van der Waals surface area contributed by atoms with Crippen LogP contribution in [0.15, 0.2) is 18.3 Å². The van der Waals surface area contributed by atoms with Gasteiger partial charge in [0.1, 0.15) is 5.69 Å². The summed E-state index contributed by atoms with van der Waals surface area (Å²) < 4.78 is 26.6. The summed E-state index contributed by atoms with van der Waals surface area (Å²) in [5.74, 6) is 0.00535. The molecule has 0 unspecified atom stereocenters. The summed E-state index contributed by atoms with van der Waals surface area (Å²) in [6.07, 6.45) is 3.96. The van der Waals surface area contributed by atoms with Crippen LogP contribution in [0.3, 0.4) is 0 Å². The number of methoxy groups -OCH3 is 2. The number of hydrogen-bond donors (Lipinski definition) is 1. The molecule has 0 aliphatic heterocycles. The monoisotopic (exact) mass is 398 g/mol. The van der Waals surface area contributed by atoms with Crippen LogP contribution in [-0.4, -0.2) is 71.2 Å². The number of aromatic nitrogens is 1. The molecule has 8 nitrogen and oxygen atoms in total. The smallest absolute Gasteiger partial charge is 0.183 e. The van der Waals surface area contributed by atoms with Crippen molar-refractivity contribution in [2.45, 2.75) is 32.0 Å². The van der Waals surface area contributed by atoms with Crippen LogP contribution >= 0.6 is 0 Å². The molecule has 0 aromatic carbocycles. The number of nitrogens with two attached hydrogens (primary N) is 1. The van der Waals surface area contributed by atoms with Gasteiger partial charge in [0.15, 0.2) is 12.1 Å². The topological polar surface area (TPSA) is 102 Å². The second kappa shape index (κ2) is 16.5. The normalized spacial score (nSPS) is 11.3. The highest BCUT2D eigenvalue weighted by Gasteiger charge is 2.13. The number of rotatable bonds is 18. The number of nitrogens with zero attached hydrogens (tertiary/aromatic N) is 1. The SMILES string of the molecule is COC(OC)c1ccnc(C(=O)CCCCOCCOCCOCCCN)c1. The molecule has 0 aliphatic carbocycles. The van der Waals surface area contributed by atoms with Crippen LogP contribution in [0.4, 0.5) is 0 Å². The number of ketones is 1. The van der Waals surface area contributed by atoms with Crippen LogP contribution in [-0.2, 0) is 23.7 Å². The van der Waals surface area contributed by atoms with Gasteiger partial charge in [-0.25, -0.2) is 0 Å². The van der Waals surface area contributed by atoms with Gasteiger partial charge in [0.2, 0.25) is 0 Å². The van der Waals surface area contributed by atoms with Crippen molar-refractivity contribution in [2.24, 2.45) is 5.73 Å². The van der Waals surface area contributed by atoms with E-state index in [-0.39, 0.29) is 5.78 Å². The minimum Gasteiger partial charge on any atom is -0.379 e. The molecular formula is C20H34N2O6. The quantitative estimate of drug-likeness (QED) is 0.228. The Balaban J connectivity index is 2.06. The second-order valence-electron chi connectivity index (χ2n) is 6.14. The zero-order valence-corrected chi connectivity index (χ0v) is 17.1. The van der Waals surface area contributed by atoms with Crippen LogP contribution in [0.25, 0.3) is 0 Å². The summed E-state index contributed by atoms with van der Waals surface area (Å²) in [6.45, 7) is 4.13. The first-order chi connectivity index (χ1) is 13.7. The van der Waals surface area contributed by atoms with Gasteiger partial charge in [-0.1, -0.05) is 0 Å². The number of hydrogen-bond acceptors (Lipinski definition) is 8. The highest BCUT2D eigenvalue weighted by atomic mass is 16.7. The zero-order valence-electron chi connectivity index (χ0n) is 17.1. The van der Waals surface area contributed by atoms with Gasteiger partial charge < -0.3 is 29.4 Å². The predicted molar refractivity (Wildman–Crippen MR) is 105 cm³/mol. The average molecular weight is 399 g/mol. The fourth-order valence-corrected chi connectivity index (χ4v) is 2.46. The third-order valence-corrected chi connectivity index (χ3v) is 3.95. The van der Waals surface area contributed by atoms with E-state index in [2.05, 4.69) is 4.98 Å². The minimum atomic E-state index is -0.498. The molecule has 0 atom stereocenters. The molecule has 0 saturated carbocycles. The summed E-state index contributed by atoms with van der Waals surface area (Å²) in [5, 5.41) is 0. The predicted octanol–water partition coefficient (Wildman–Crippen LogP) is 2.12. The average Bonchev–Trinajstić information content (AvgIpc) is 2.72. The number of carbonyl (C=O) groups excluding carboxylic acids is 1. The van der Waals surface area contributed by atoms with Crippen LogP contribution < -0.4 is 5.73 Å². The molecule has 160 valence electrons. The van der Waals surface area contributed by atoms with Gasteiger partial charge >= 0.3 is 0 Å². The molecule has 1 aromatic heterocycles. The molecule has 0 spiro atoms. The Morgan fingerprint density at radius 3 is 2.18 bits per heavy atom. The lowest BCUT2D eigenvalue weighted by atomic mass is 10.1. The molecule has 0 amide bonds. The molecule has 0 bridgehead atoms. The third kappa shape index (κ3) is 10.8. The van der Waals surface area contributed by atoms with E-state index in [1.807, 2.05) is 0 Å². The first-order valence-electron chi connectivity index (χ1n) is 9.71. The van der Waals surface area contributed by atoms with Gasteiger partial charge in [0, 0.05) is 45.6 Å². The Morgan fingerprint density at radius 2 is 1.57 bits per heavy atom. The molecule has 1 heterocycles. The lowest BCUT2D eigenvalue weighted by molar-refractivity contribution is -0.106. The highest BCUT2D eigenvalue weighted by molar-refractivity contribution is 5.94. The van der Waals surface area contributed by atoms with E-state index >= 15 is 0 Å². The summed E-state index contributed by atoms with van der Waals surface area (Å²) in [4.78, 5) is 16.4. The Bertz CT molecular complexity index is 525. The number of pyridine rings is 1. The first kappa shape index (κ1) is 24.6. The van der Waals surface area contributed by atoms with Gasteiger partial charge in [0.05, 0.1) is 26.4 Å². The lowest BCUT2D eigenvalue weighted by Gasteiger charge is -2.13. The number of ether oxygens (including phenoxy) is 5. The fourth-order valence-electron chi connectivity index (χ4n) is 2.46. The molecule has 2 N–H and O–H groups in total. The first-order valence-corrected chi connectivity index (χ1v) is 9.71. The fraction of sp³-hybridized carbons (Fsp3) is 0.700. The summed E-state index contributed by atoms with van der Waals surface area (Å²) in [7, 11) is 3.11. The van der Waals surface area contributed by atoms with Crippen LogP contribution in [0.5, 0.6) is 0 Å². The molecule has 0 saturated heterocycles. The van der Waals surface area contributed by atoms with E-state index in [1.54, 1.807) is 32.5 Å². The summed E-state index contributed by atoms with van der Waals surface area (Å²) in [6, 6.07) is 3.49. The van der Waals surface area contributed by atoms with E-state index in [1.165, 1.54) is 0 Å². The molecule has 1 aromatic rings. The van der Waals surface area contributed by atoms with Crippen molar-refractivity contribution >= 4 is 5.78 Å². The zero-order chi connectivity index (χ0) is 20.5. The van der Waals surface area contributed by atoms with Crippen molar-refractivity contribution in [1.82, 2.24) is 4.98 Å². The van der Waals surface area contributed by atoms with E-state index < -0.39 is 6.29 Å². The van der Waals surface area contributed by atoms with Crippen molar-refractivity contribution in [3.63, 3.8) is 0 Å². The Labute approximate surface area is 167 Å². The van der Waals surface area contributed by atoms with E-state index in [0.717, 1.165) is 24.8 Å². The van der Waals surface area contributed by atoms with E-state index in [0.29, 0.717) is 58.3 Å². The number of unbranched alkanes of at least 4 members (excludes halogenated alkanes) is 1. The second-order valence-corrected chi connectivity index (χ2v) is 6.14. The molecule has 0 fully saturated rings. The minimum absolute atomic E-state index is 0.00535. The molecule has 0 radical (unpaired) electrons. The summed E-state index contributed by atoms with van der Waals surface area (Å²) >= 11 is 0. The Morgan fingerprint density at radius 1 is 0.964 bits per heavy atom. The molecule has 8 heteroatoms. The maximum atomic E-state index is 12.3. The standard InChI is InChI=1S/C20H34N2O6/c1-24-20(25-2)17-7-9-22-18(16-17)19(23)6-3-4-10-26-12-14-28-15-13-27-11-5-8-21/h7,9,16,20H,3-6,8,10-15,21H2,1-2H3. The van der Waals surface area contributed by atoms with Crippen LogP contribution in [0, 0.1) is 0 Å². The largest absolute Gasteiger partial charge is 0.379 e. The molecule has 28 heavy (non-hydrogen) atoms. The maximum absolute atomic E-state index is 12.3. The highest BCUT2D eigenvalue weighted by Crippen LogP contribution is 2.18. The molecular weight excluding hydrogens is 364 g/mol. The Hall–Kier alpha value is -1.42. The van der Waals surface area contributed by atoms with E-state index in [4.69, 9.17) is 29.4 Å². The molecule has 1 rings (SSSR count). The van der Waals surface area contributed by atoms with Crippen molar-refractivity contribution in [1.29, 1.82) is 0 Å². The van der Waals surface area contributed by atoms with Gasteiger partial charge in [-0.15, -0.1) is 0 Å². The Kier molecular flexibility index (Phi) is 14.5. The number of Topliss-reactive ketones (excluding diaryl/α,β-unsaturated/α-hetero) is 1. The van der Waals surface area contributed by atoms with Crippen molar-refractivity contribution < 1.29 is 28.5 Å². The van der Waals surface area contributed by atoms with E-state index in [9.17, 15) is 4.79 Å². The lowest BCUT2D eigenvalue weighted by Crippen LogP contribution is -2.11. The van der Waals surface area contributed by atoms with Crippen LogP contribution in [0.2, 0.25) is 0 Å². The van der Waals surface area contributed by atoms with Crippen molar-refractivity contribution in [3.8, 4) is 0 Å². The maximum Gasteiger partial charge on any atom is 0.183 e. The van der Waals surface area contributed by atoms with Crippen LogP contribution in [0.1, 0.15) is 48.0 Å². The van der Waals surface area contributed by atoms with Gasteiger partial charge in [-0.05, 0) is 37.9 Å².